The fourth-order valence-electron chi connectivity index (χ4n) is 2.41. The number of hydrogen-bond donors (Lipinski definition) is 1. The van der Waals surface area contributed by atoms with Gasteiger partial charge in [-0.1, -0.05) is 17.7 Å². The molecule has 0 saturated carbocycles. The highest BCUT2D eigenvalue weighted by Gasteiger charge is 2.37. The average Bonchev–Trinajstić information content (AvgIpc) is 2.44. The highest BCUT2D eigenvalue weighted by molar-refractivity contribution is 6.31. The number of hydrogen-bond acceptors (Lipinski definition) is 2. The minimum absolute atomic E-state index is 0.00198. The lowest BCUT2D eigenvalue weighted by Gasteiger charge is -2.33. The summed E-state index contributed by atoms with van der Waals surface area (Å²) in [5.41, 5.74) is 2.18. The molecular formula is C13H18ClNO. The molecule has 1 aliphatic rings. The zero-order valence-electron chi connectivity index (χ0n) is 10.00. The first kappa shape index (κ1) is 11.7. The molecule has 2 nitrogen and oxygen atoms in total. The number of β-amino-alcohol motifs (C(OH)–C–C–N with tert-alkyl or cyclic N) is 1. The first-order chi connectivity index (χ1) is 7.40. The summed E-state index contributed by atoms with van der Waals surface area (Å²) in [5, 5.41) is 10.5. The maximum atomic E-state index is 9.75. The Morgan fingerprint density at radius 3 is 2.62 bits per heavy atom. The molecule has 1 atom stereocenters. The van der Waals surface area contributed by atoms with E-state index in [0.29, 0.717) is 6.54 Å². The Morgan fingerprint density at radius 2 is 2.12 bits per heavy atom. The Kier molecular flexibility index (Phi) is 2.89. The van der Waals surface area contributed by atoms with Crippen LogP contribution in [0.2, 0.25) is 5.02 Å². The highest BCUT2D eigenvalue weighted by Crippen LogP contribution is 2.35. The topological polar surface area (TPSA) is 23.5 Å². The van der Waals surface area contributed by atoms with E-state index in [4.69, 9.17) is 11.6 Å². The van der Waals surface area contributed by atoms with Gasteiger partial charge in [0.2, 0.25) is 0 Å². The van der Waals surface area contributed by atoms with Crippen LogP contribution < -0.4 is 4.90 Å². The summed E-state index contributed by atoms with van der Waals surface area (Å²) in [7, 11) is 0. The number of aliphatic hydroxyl groups is 1. The van der Waals surface area contributed by atoms with Crippen LogP contribution in [0.3, 0.4) is 0 Å². The van der Waals surface area contributed by atoms with Gasteiger partial charge in [-0.3, -0.25) is 0 Å². The molecule has 1 saturated heterocycles. The Morgan fingerprint density at radius 1 is 1.44 bits per heavy atom. The summed E-state index contributed by atoms with van der Waals surface area (Å²) in [5.74, 6) is 0. The summed E-state index contributed by atoms with van der Waals surface area (Å²) in [6, 6.07) is 6.08. The van der Waals surface area contributed by atoms with E-state index in [0.717, 1.165) is 22.7 Å². The molecular weight excluding hydrogens is 222 g/mol. The fourth-order valence-corrected chi connectivity index (χ4v) is 2.59. The Balaban J connectivity index is 2.34. The zero-order valence-corrected chi connectivity index (χ0v) is 10.8. The largest absolute Gasteiger partial charge is 0.391 e. The third kappa shape index (κ3) is 2.04. The normalized spacial score (nSPS) is 23.8. The van der Waals surface area contributed by atoms with E-state index in [1.54, 1.807) is 0 Å². The van der Waals surface area contributed by atoms with Crippen LogP contribution in [0.4, 0.5) is 5.69 Å². The fraction of sp³-hybridized carbons (Fsp3) is 0.538. The summed E-state index contributed by atoms with van der Waals surface area (Å²) in [6.45, 7) is 6.98. The third-order valence-electron chi connectivity index (χ3n) is 3.33. The number of anilines is 1. The molecule has 3 heteroatoms. The van der Waals surface area contributed by atoms with E-state index >= 15 is 0 Å². The molecule has 1 N–H and O–H groups in total. The molecule has 16 heavy (non-hydrogen) atoms. The Bertz CT molecular complexity index is 403. The van der Waals surface area contributed by atoms with Gasteiger partial charge in [0.1, 0.15) is 0 Å². The molecule has 88 valence electrons. The molecule has 1 aromatic rings. The molecule has 0 amide bonds. The van der Waals surface area contributed by atoms with E-state index in [2.05, 4.69) is 24.8 Å². The van der Waals surface area contributed by atoms with Crippen LogP contribution in [0.1, 0.15) is 25.8 Å². The monoisotopic (exact) mass is 239 g/mol. The molecule has 0 bridgehead atoms. The molecule has 1 fully saturated rings. The second kappa shape index (κ2) is 3.94. The van der Waals surface area contributed by atoms with E-state index in [1.165, 1.54) is 0 Å². The molecule has 1 unspecified atom stereocenters. The van der Waals surface area contributed by atoms with Crippen LogP contribution in [0.5, 0.6) is 0 Å². The standard InChI is InChI=1S/C13H18ClNO/c1-9-4-5-10(6-12(9)14)15-8-11(16)7-13(15,2)3/h4-6,11,16H,7-8H2,1-3H3. The molecule has 0 aliphatic carbocycles. The summed E-state index contributed by atoms with van der Waals surface area (Å²) in [4.78, 5) is 2.23. The summed E-state index contributed by atoms with van der Waals surface area (Å²) >= 11 is 6.13. The van der Waals surface area contributed by atoms with Crippen LogP contribution in [0.15, 0.2) is 18.2 Å². The van der Waals surface area contributed by atoms with Crippen molar-refractivity contribution in [2.45, 2.75) is 38.8 Å². The van der Waals surface area contributed by atoms with Crippen LogP contribution in [0, 0.1) is 6.92 Å². The molecule has 0 spiro atoms. The van der Waals surface area contributed by atoms with Gasteiger partial charge in [0.05, 0.1) is 6.10 Å². The van der Waals surface area contributed by atoms with Gasteiger partial charge >= 0.3 is 0 Å². The van der Waals surface area contributed by atoms with Gasteiger partial charge in [-0.05, 0) is 44.9 Å². The van der Waals surface area contributed by atoms with E-state index in [1.807, 2.05) is 19.1 Å². The molecule has 2 rings (SSSR count). The Labute approximate surface area is 102 Å². The molecule has 1 aromatic carbocycles. The minimum Gasteiger partial charge on any atom is -0.391 e. The third-order valence-corrected chi connectivity index (χ3v) is 3.73. The Hall–Kier alpha value is -0.730. The molecule has 1 aliphatic heterocycles. The smallest absolute Gasteiger partial charge is 0.0737 e. The van der Waals surface area contributed by atoms with Crippen molar-refractivity contribution in [2.24, 2.45) is 0 Å². The lowest BCUT2D eigenvalue weighted by atomic mass is 10.0. The van der Waals surface area contributed by atoms with Crippen LogP contribution >= 0.6 is 11.6 Å². The number of aryl methyl sites for hydroxylation is 1. The van der Waals surface area contributed by atoms with Gasteiger partial charge in [0, 0.05) is 22.8 Å². The van der Waals surface area contributed by atoms with E-state index in [-0.39, 0.29) is 11.6 Å². The van der Waals surface area contributed by atoms with Gasteiger partial charge in [0.15, 0.2) is 0 Å². The highest BCUT2D eigenvalue weighted by atomic mass is 35.5. The predicted octanol–water partition coefficient (Wildman–Crippen LogP) is 3.00. The van der Waals surface area contributed by atoms with Gasteiger partial charge in [-0.25, -0.2) is 0 Å². The van der Waals surface area contributed by atoms with Crippen molar-refractivity contribution < 1.29 is 5.11 Å². The quantitative estimate of drug-likeness (QED) is 0.815. The zero-order chi connectivity index (χ0) is 11.9. The van der Waals surface area contributed by atoms with Gasteiger partial charge in [-0.2, -0.15) is 0 Å². The second-order valence-electron chi connectivity index (χ2n) is 5.21. The summed E-state index contributed by atoms with van der Waals surface area (Å²) in [6.07, 6.45) is 0.563. The number of halogens is 1. The van der Waals surface area contributed by atoms with Gasteiger partial charge in [-0.15, -0.1) is 0 Å². The average molecular weight is 240 g/mol. The van der Waals surface area contributed by atoms with Crippen LogP contribution in [-0.2, 0) is 0 Å². The first-order valence-electron chi connectivity index (χ1n) is 5.62. The summed E-state index contributed by atoms with van der Waals surface area (Å²) < 4.78 is 0. The lowest BCUT2D eigenvalue weighted by Crippen LogP contribution is -2.38. The number of benzene rings is 1. The molecule has 0 aromatic heterocycles. The first-order valence-corrected chi connectivity index (χ1v) is 6.00. The molecule has 0 radical (unpaired) electrons. The van der Waals surface area contributed by atoms with E-state index < -0.39 is 0 Å². The molecule has 1 heterocycles. The van der Waals surface area contributed by atoms with Crippen molar-refractivity contribution in [1.82, 2.24) is 0 Å². The lowest BCUT2D eigenvalue weighted by molar-refractivity contribution is 0.188. The maximum Gasteiger partial charge on any atom is 0.0737 e. The predicted molar refractivity (Wildman–Crippen MR) is 68.2 cm³/mol. The number of aliphatic hydroxyl groups excluding tert-OH is 1. The van der Waals surface area contributed by atoms with Crippen molar-refractivity contribution in [3.8, 4) is 0 Å². The van der Waals surface area contributed by atoms with Crippen molar-refractivity contribution in [3.63, 3.8) is 0 Å². The second-order valence-corrected chi connectivity index (χ2v) is 5.62. The van der Waals surface area contributed by atoms with Gasteiger partial charge < -0.3 is 10.0 Å². The van der Waals surface area contributed by atoms with Gasteiger partial charge in [0.25, 0.3) is 0 Å². The SMILES string of the molecule is Cc1ccc(N2CC(O)CC2(C)C)cc1Cl. The van der Waals surface area contributed by atoms with E-state index in [9.17, 15) is 5.11 Å². The van der Waals surface area contributed by atoms with Crippen molar-refractivity contribution in [2.75, 3.05) is 11.4 Å². The van der Waals surface area contributed by atoms with Crippen molar-refractivity contribution in [3.05, 3.63) is 28.8 Å². The number of rotatable bonds is 1. The van der Waals surface area contributed by atoms with Crippen molar-refractivity contribution >= 4 is 17.3 Å². The van der Waals surface area contributed by atoms with Crippen LogP contribution in [0.25, 0.3) is 0 Å². The van der Waals surface area contributed by atoms with Crippen LogP contribution in [-0.4, -0.2) is 23.3 Å². The minimum atomic E-state index is -0.241. The number of nitrogens with zero attached hydrogens (tertiary/aromatic N) is 1. The van der Waals surface area contributed by atoms with Crippen molar-refractivity contribution in [1.29, 1.82) is 0 Å². The maximum absolute atomic E-state index is 9.75.